The van der Waals surface area contributed by atoms with Gasteiger partial charge in [-0.15, -0.1) is 11.8 Å². The van der Waals surface area contributed by atoms with E-state index in [0.717, 1.165) is 22.2 Å². The van der Waals surface area contributed by atoms with Gasteiger partial charge in [0.2, 0.25) is 0 Å². The zero-order chi connectivity index (χ0) is 15.5. The first-order valence-electron chi connectivity index (χ1n) is 6.76. The molecule has 22 heavy (non-hydrogen) atoms. The van der Waals surface area contributed by atoms with Crippen LogP contribution in [0.25, 0.3) is 10.9 Å². The SMILES string of the molecule is CN/N=C(/c1c[nH]c2ccccc12)C1NC(C(=O)OC)=CS1. The molecule has 0 saturated heterocycles. The van der Waals surface area contributed by atoms with Crippen molar-refractivity contribution in [3.8, 4) is 0 Å². The molecule has 0 amide bonds. The number of carbonyl (C=O) groups is 1. The molecule has 0 saturated carbocycles. The van der Waals surface area contributed by atoms with Gasteiger partial charge in [0, 0.05) is 35.1 Å². The average molecular weight is 316 g/mol. The number of esters is 1. The van der Waals surface area contributed by atoms with E-state index in [-0.39, 0.29) is 11.3 Å². The van der Waals surface area contributed by atoms with Gasteiger partial charge in [-0.25, -0.2) is 4.79 Å². The molecule has 2 aromatic rings. The van der Waals surface area contributed by atoms with Gasteiger partial charge in [0.05, 0.1) is 7.11 Å². The number of fused-ring (bicyclic) bond motifs is 1. The van der Waals surface area contributed by atoms with Crippen molar-refractivity contribution < 1.29 is 9.53 Å². The third-order valence-corrected chi connectivity index (χ3v) is 4.34. The van der Waals surface area contributed by atoms with Crippen LogP contribution in [0.4, 0.5) is 0 Å². The van der Waals surface area contributed by atoms with Crippen molar-refractivity contribution >= 4 is 34.3 Å². The number of carbonyl (C=O) groups excluding carboxylic acids is 1. The van der Waals surface area contributed by atoms with Gasteiger partial charge in [0.1, 0.15) is 16.8 Å². The molecule has 3 rings (SSSR count). The summed E-state index contributed by atoms with van der Waals surface area (Å²) in [5.74, 6) is -0.377. The molecule has 1 unspecified atom stereocenters. The van der Waals surface area contributed by atoms with Crippen molar-refractivity contribution in [2.45, 2.75) is 5.37 Å². The fraction of sp³-hybridized carbons (Fsp3) is 0.200. The Kier molecular flexibility index (Phi) is 4.06. The first-order chi connectivity index (χ1) is 10.7. The summed E-state index contributed by atoms with van der Waals surface area (Å²) in [5.41, 5.74) is 6.14. The van der Waals surface area contributed by atoms with Crippen molar-refractivity contribution in [1.82, 2.24) is 15.7 Å². The van der Waals surface area contributed by atoms with E-state index in [1.54, 1.807) is 12.5 Å². The first kappa shape index (κ1) is 14.5. The Morgan fingerprint density at radius 1 is 1.41 bits per heavy atom. The van der Waals surface area contributed by atoms with Crippen molar-refractivity contribution in [3.63, 3.8) is 0 Å². The summed E-state index contributed by atoms with van der Waals surface area (Å²) in [6.07, 6.45) is 1.93. The molecule has 0 radical (unpaired) electrons. The summed E-state index contributed by atoms with van der Waals surface area (Å²) < 4.78 is 4.74. The molecule has 1 atom stereocenters. The number of hydrazone groups is 1. The van der Waals surface area contributed by atoms with Gasteiger partial charge in [0.25, 0.3) is 0 Å². The first-order valence-corrected chi connectivity index (χ1v) is 7.70. The maximum Gasteiger partial charge on any atom is 0.354 e. The molecule has 0 bridgehead atoms. The van der Waals surface area contributed by atoms with Crippen LogP contribution in [-0.2, 0) is 9.53 Å². The zero-order valence-corrected chi connectivity index (χ0v) is 13.0. The largest absolute Gasteiger partial charge is 0.464 e. The lowest BCUT2D eigenvalue weighted by Gasteiger charge is -2.14. The van der Waals surface area contributed by atoms with Gasteiger partial charge in [-0.3, -0.25) is 0 Å². The Morgan fingerprint density at radius 3 is 3.00 bits per heavy atom. The number of aromatic nitrogens is 1. The predicted molar refractivity (Wildman–Crippen MR) is 88.5 cm³/mol. The second-order valence-corrected chi connectivity index (χ2v) is 5.63. The van der Waals surface area contributed by atoms with Crippen molar-refractivity contribution in [2.75, 3.05) is 14.2 Å². The van der Waals surface area contributed by atoms with Crippen LogP contribution in [-0.4, -0.2) is 36.2 Å². The smallest absolute Gasteiger partial charge is 0.354 e. The Hall–Kier alpha value is -2.41. The fourth-order valence-corrected chi connectivity index (χ4v) is 3.30. The number of rotatable bonds is 4. The standard InChI is InChI=1S/C15H16N4O2S/c1-16-19-13(14-18-12(8-22-14)15(20)21-2)10-7-17-11-6-4-3-5-9(10)11/h3-8,14,16-18H,1-2H3/b19-13-. The molecule has 7 heteroatoms. The maximum absolute atomic E-state index is 11.6. The normalized spacial score (nSPS) is 18.0. The number of hydrogen-bond donors (Lipinski definition) is 3. The van der Waals surface area contributed by atoms with Crippen LogP contribution < -0.4 is 10.7 Å². The number of nitrogens with zero attached hydrogens (tertiary/aromatic N) is 1. The van der Waals surface area contributed by atoms with Crippen molar-refractivity contribution in [2.24, 2.45) is 5.10 Å². The second-order valence-electron chi connectivity index (χ2n) is 4.65. The fourth-order valence-electron chi connectivity index (χ4n) is 2.36. The highest BCUT2D eigenvalue weighted by atomic mass is 32.2. The topological polar surface area (TPSA) is 78.5 Å². The quantitative estimate of drug-likeness (QED) is 0.455. The summed E-state index contributed by atoms with van der Waals surface area (Å²) in [6, 6.07) is 8.03. The molecule has 1 aromatic carbocycles. The summed E-state index contributed by atoms with van der Waals surface area (Å²) in [5, 5.41) is 10.2. The van der Waals surface area contributed by atoms with Crippen LogP contribution in [0.5, 0.6) is 0 Å². The second kappa shape index (κ2) is 6.15. The van der Waals surface area contributed by atoms with Crippen LogP contribution in [0.1, 0.15) is 5.56 Å². The highest BCUT2D eigenvalue weighted by Gasteiger charge is 2.28. The van der Waals surface area contributed by atoms with E-state index in [0.29, 0.717) is 5.70 Å². The molecule has 6 nitrogen and oxygen atoms in total. The van der Waals surface area contributed by atoms with Gasteiger partial charge >= 0.3 is 5.97 Å². The number of methoxy groups -OCH3 is 1. The lowest BCUT2D eigenvalue weighted by molar-refractivity contribution is -0.136. The molecule has 0 fully saturated rings. The Labute approximate surface area is 132 Å². The predicted octanol–water partition coefficient (Wildman–Crippen LogP) is 1.77. The number of H-pyrrole nitrogens is 1. The van der Waals surface area contributed by atoms with E-state index in [9.17, 15) is 4.79 Å². The van der Waals surface area contributed by atoms with E-state index in [4.69, 9.17) is 4.74 Å². The Balaban J connectivity index is 1.93. The molecule has 0 spiro atoms. The third kappa shape index (κ3) is 2.55. The summed E-state index contributed by atoms with van der Waals surface area (Å²) in [6.45, 7) is 0. The minimum atomic E-state index is -0.377. The maximum atomic E-state index is 11.6. The average Bonchev–Trinajstić information content (AvgIpc) is 3.19. The van der Waals surface area contributed by atoms with E-state index < -0.39 is 0 Å². The summed E-state index contributed by atoms with van der Waals surface area (Å²) >= 11 is 1.49. The number of benzene rings is 1. The van der Waals surface area contributed by atoms with Gasteiger partial charge in [-0.05, 0) is 6.07 Å². The van der Waals surface area contributed by atoms with Crippen LogP contribution in [0.3, 0.4) is 0 Å². The molecule has 114 valence electrons. The number of ether oxygens (including phenoxy) is 1. The highest BCUT2D eigenvalue weighted by Crippen LogP contribution is 2.28. The highest BCUT2D eigenvalue weighted by molar-refractivity contribution is 8.03. The number of para-hydroxylation sites is 1. The van der Waals surface area contributed by atoms with Gasteiger partial charge in [-0.2, -0.15) is 5.10 Å². The number of hydrogen-bond acceptors (Lipinski definition) is 6. The number of aromatic amines is 1. The van der Waals surface area contributed by atoms with E-state index in [2.05, 4.69) is 20.8 Å². The molecule has 2 heterocycles. The monoisotopic (exact) mass is 316 g/mol. The van der Waals surface area contributed by atoms with E-state index in [1.165, 1.54) is 18.9 Å². The van der Waals surface area contributed by atoms with Crippen LogP contribution in [0, 0.1) is 0 Å². The minimum absolute atomic E-state index is 0.152. The molecular weight excluding hydrogens is 300 g/mol. The van der Waals surface area contributed by atoms with Gasteiger partial charge in [-0.1, -0.05) is 18.2 Å². The van der Waals surface area contributed by atoms with E-state index in [1.807, 2.05) is 30.5 Å². The van der Waals surface area contributed by atoms with Crippen LogP contribution in [0.2, 0.25) is 0 Å². The zero-order valence-electron chi connectivity index (χ0n) is 12.2. The van der Waals surface area contributed by atoms with Gasteiger partial charge in [0.15, 0.2) is 0 Å². The van der Waals surface area contributed by atoms with Crippen molar-refractivity contribution in [1.29, 1.82) is 0 Å². The van der Waals surface area contributed by atoms with Gasteiger partial charge < -0.3 is 20.5 Å². The summed E-state index contributed by atoms with van der Waals surface area (Å²) in [4.78, 5) is 14.9. The van der Waals surface area contributed by atoms with E-state index >= 15 is 0 Å². The molecule has 1 aliphatic rings. The Morgan fingerprint density at radius 2 is 2.23 bits per heavy atom. The molecule has 0 aliphatic carbocycles. The lowest BCUT2D eigenvalue weighted by Crippen LogP contribution is -2.33. The molecular formula is C15H16N4O2S. The lowest BCUT2D eigenvalue weighted by atomic mass is 10.1. The Bertz CT molecular complexity index is 766. The molecule has 1 aliphatic heterocycles. The number of thioether (sulfide) groups is 1. The van der Waals surface area contributed by atoms with Crippen molar-refractivity contribution in [3.05, 3.63) is 47.1 Å². The molecule has 3 N–H and O–H groups in total. The van der Waals surface area contributed by atoms with Crippen LogP contribution >= 0.6 is 11.8 Å². The summed E-state index contributed by atoms with van der Waals surface area (Å²) in [7, 11) is 3.12. The third-order valence-electron chi connectivity index (χ3n) is 3.36. The number of nitrogens with one attached hydrogen (secondary N) is 3. The molecule has 1 aromatic heterocycles. The minimum Gasteiger partial charge on any atom is -0.464 e. The van der Waals surface area contributed by atoms with Crippen LogP contribution in [0.15, 0.2) is 46.7 Å².